The Bertz CT molecular complexity index is 1470. The van der Waals surface area contributed by atoms with Gasteiger partial charge in [-0.3, -0.25) is 14.4 Å². The second-order valence-electron chi connectivity index (χ2n) is 10.6. The molecule has 2 amide bonds. The van der Waals surface area contributed by atoms with Gasteiger partial charge in [-0.2, -0.15) is 0 Å². The first kappa shape index (κ1) is 22.7. The zero-order valence-corrected chi connectivity index (χ0v) is 21.0. The number of carbonyl (C=O) groups is 3. The number of rotatable bonds is 4. The van der Waals surface area contributed by atoms with Crippen LogP contribution in [0.4, 0.5) is 5.69 Å². The fourth-order valence-corrected chi connectivity index (χ4v) is 7.25. The third kappa shape index (κ3) is 2.57. The van der Waals surface area contributed by atoms with Gasteiger partial charge in [-0.05, 0) is 72.7 Å². The van der Waals surface area contributed by atoms with Crippen molar-refractivity contribution in [2.45, 2.75) is 34.1 Å². The van der Waals surface area contributed by atoms with Crippen LogP contribution in [-0.2, 0) is 14.4 Å². The highest BCUT2D eigenvalue weighted by atomic mass is 16.2. The number of hydrogen-bond acceptors (Lipinski definition) is 3. The van der Waals surface area contributed by atoms with Crippen molar-refractivity contribution in [2.75, 3.05) is 4.90 Å². The molecule has 0 spiro atoms. The van der Waals surface area contributed by atoms with Crippen molar-refractivity contribution in [3.8, 4) is 0 Å². The minimum atomic E-state index is -1.09. The van der Waals surface area contributed by atoms with Crippen molar-refractivity contribution >= 4 is 34.4 Å². The van der Waals surface area contributed by atoms with Crippen LogP contribution in [0.25, 0.3) is 11.1 Å². The number of Topliss-reactive ketones (excluding diaryl/α,β-unsaturated/α-hetero) is 1. The lowest BCUT2D eigenvalue weighted by atomic mass is 9.62. The number of fused-ring (bicyclic) bond motifs is 5. The number of aryl methyl sites for hydroxylation is 2. The fraction of sp³-hybridized carbons (Fsp3) is 0.281. The maximum atomic E-state index is 14.5. The zero-order chi connectivity index (χ0) is 25.4. The molecule has 6 rings (SSSR count). The summed E-state index contributed by atoms with van der Waals surface area (Å²) in [6, 6.07) is 25.5. The van der Waals surface area contributed by atoms with E-state index >= 15 is 0 Å². The summed E-state index contributed by atoms with van der Waals surface area (Å²) >= 11 is 0. The highest BCUT2D eigenvalue weighted by Gasteiger charge is 2.79. The molecule has 3 aromatic carbocycles. The van der Waals surface area contributed by atoms with Crippen LogP contribution in [0.5, 0.6) is 0 Å². The average Bonchev–Trinajstić information content (AvgIpc) is 3.36. The summed E-state index contributed by atoms with van der Waals surface area (Å²) in [6.07, 6.45) is 0.461. The van der Waals surface area contributed by atoms with Gasteiger partial charge in [-0.25, -0.2) is 4.90 Å². The number of anilines is 1. The Hall–Kier alpha value is -3.79. The predicted octanol–water partition coefficient (Wildman–Crippen LogP) is 6.02. The van der Waals surface area contributed by atoms with Crippen molar-refractivity contribution in [3.63, 3.8) is 0 Å². The quantitative estimate of drug-likeness (QED) is 0.434. The van der Waals surface area contributed by atoms with Crippen molar-refractivity contribution in [3.05, 3.63) is 101 Å². The molecule has 1 aliphatic heterocycles. The first-order valence-corrected chi connectivity index (χ1v) is 12.6. The predicted molar refractivity (Wildman–Crippen MR) is 141 cm³/mol. The minimum absolute atomic E-state index is 0.00615. The van der Waals surface area contributed by atoms with E-state index in [4.69, 9.17) is 0 Å². The Morgan fingerprint density at radius 1 is 0.722 bits per heavy atom. The van der Waals surface area contributed by atoms with Gasteiger partial charge in [0.15, 0.2) is 5.78 Å². The molecule has 3 aliphatic rings. The molecule has 0 aromatic heterocycles. The van der Waals surface area contributed by atoms with Gasteiger partial charge in [0.25, 0.3) is 0 Å². The van der Waals surface area contributed by atoms with Crippen molar-refractivity contribution in [1.29, 1.82) is 0 Å². The normalized spacial score (nSPS) is 28.9. The van der Waals surface area contributed by atoms with E-state index in [1.165, 1.54) is 4.90 Å². The zero-order valence-electron chi connectivity index (χ0n) is 21.0. The molecule has 0 N–H and O–H groups in total. The van der Waals surface area contributed by atoms with E-state index in [9.17, 15) is 14.4 Å². The Balaban J connectivity index is 1.64. The molecular weight excluding hydrogens is 446 g/mol. The summed E-state index contributed by atoms with van der Waals surface area (Å²) in [7, 11) is 0. The molecule has 2 aliphatic carbocycles. The van der Waals surface area contributed by atoms with Crippen LogP contribution in [0.15, 0.2) is 78.9 Å². The van der Waals surface area contributed by atoms with Crippen molar-refractivity contribution in [2.24, 2.45) is 22.7 Å². The Morgan fingerprint density at radius 2 is 1.28 bits per heavy atom. The van der Waals surface area contributed by atoms with E-state index in [0.29, 0.717) is 12.1 Å². The lowest BCUT2D eigenvalue weighted by molar-refractivity contribution is -0.134. The molecule has 4 atom stereocenters. The van der Waals surface area contributed by atoms with Crippen LogP contribution < -0.4 is 4.90 Å². The van der Waals surface area contributed by atoms with E-state index < -0.39 is 22.7 Å². The van der Waals surface area contributed by atoms with Gasteiger partial charge in [-0.15, -0.1) is 0 Å². The van der Waals surface area contributed by atoms with E-state index in [2.05, 4.69) is 0 Å². The van der Waals surface area contributed by atoms with Crippen LogP contribution >= 0.6 is 0 Å². The van der Waals surface area contributed by atoms with Gasteiger partial charge in [0.1, 0.15) is 0 Å². The molecule has 0 radical (unpaired) electrons. The number of amides is 2. The lowest BCUT2D eigenvalue weighted by Gasteiger charge is -2.37. The third-order valence-corrected chi connectivity index (χ3v) is 8.98. The molecule has 2 fully saturated rings. The van der Waals surface area contributed by atoms with E-state index in [1.54, 1.807) is 0 Å². The van der Waals surface area contributed by atoms with Crippen molar-refractivity contribution < 1.29 is 14.4 Å². The molecule has 2 bridgehead atoms. The fourth-order valence-electron chi connectivity index (χ4n) is 7.25. The van der Waals surface area contributed by atoms with Gasteiger partial charge in [-0.1, -0.05) is 73.7 Å². The summed E-state index contributed by atoms with van der Waals surface area (Å²) < 4.78 is 0. The SMILES string of the molecule is CC[C@@]12C(=O)[C@@](C)(C(c3ccccc3)=C1c1ccccc1)[C@H]1C(=O)N(c3ccc(C)c(C)c3)C(=O)[C@H]12. The summed E-state index contributed by atoms with van der Waals surface area (Å²) in [6.45, 7) is 7.87. The highest BCUT2D eigenvalue weighted by Crippen LogP contribution is 2.74. The van der Waals surface area contributed by atoms with Crippen LogP contribution in [0.2, 0.25) is 0 Å². The summed E-state index contributed by atoms with van der Waals surface area (Å²) in [5.41, 5.74) is 4.26. The maximum Gasteiger partial charge on any atom is 0.239 e. The largest absolute Gasteiger partial charge is 0.298 e. The van der Waals surface area contributed by atoms with Crippen LogP contribution in [-0.4, -0.2) is 17.6 Å². The summed E-state index contributed by atoms with van der Waals surface area (Å²) in [5.74, 6) is -1.95. The molecule has 4 nitrogen and oxygen atoms in total. The Morgan fingerprint density at radius 3 is 1.83 bits per heavy atom. The van der Waals surface area contributed by atoms with Crippen molar-refractivity contribution in [1.82, 2.24) is 0 Å². The number of imide groups is 1. The molecule has 1 saturated carbocycles. The summed E-state index contributed by atoms with van der Waals surface area (Å²) in [5, 5.41) is 0. The molecule has 1 saturated heterocycles. The van der Waals surface area contributed by atoms with Crippen LogP contribution in [0, 0.1) is 36.5 Å². The first-order chi connectivity index (χ1) is 17.3. The molecule has 3 aromatic rings. The highest BCUT2D eigenvalue weighted by molar-refractivity contribution is 6.34. The second kappa shape index (κ2) is 7.60. The maximum absolute atomic E-state index is 14.5. The number of hydrogen-bond donors (Lipinski definition) is 0. The van der Waals surface area contributed by atoms with Crippen LogP contribution in [0.3, 0.4) is 0 Å². The monoisotopic (exact) mass is 475 g/mol. The molecule has 0 unspecified atom stereocenters. The van der Waals surface area contributed by atoms with E-state index in [1.807, 2.05) is 107 Å². The number of benzene rings is 3. The third-order valence-electron chi connectivity index (χ3n) is 8.98. The van der Waals surface area contributed by atoms with Gasteiger partial charge >= 0.3 is 0 Å². The van der Waals surface area contributed by atoms with Gasteiger partial charge in [0.05, 0.1) is 28.4 Å². The topological polar surface area (TPSA) is 54.5 Å². The average molecular weight is 476 g/mol. The van der Waals surface area contributed by atoms with Crippen LogP contribution in [0.1, 0.15) is 42.5 Å². The van der Waals surface area contributed by atoms with E-state index in [-0.39, 0.29) is 17.6 Å². The molecule has 180 valence electrons. The Kier molecular flexibility index (Phi) is 4.79. The van der Waals surface area contributed by atoms with Gasteiger partial charge in [0.2, 0.25) is 11.8 Å². The first-order valence-electron chi connectivity index (χ1n) is 12.6. The van der Waals surface area contributed by atoms with Gasteiger partial charge < -0.3 is 0 Å². The lowest BCUT2D eigenvalue weighted by Crippen LogP contribution is -2.41. The minimum Gasteiger partial charge on any atom is -0.298 e. The number of allylic oxidation sites excluding steroid dienone is 2. The van der Waals surface area contributed by atoms with Gasteiger partial charge in [0, 0.05) is 0 Å². The molecular formula is C32H29NO3. The number of nitrogens with zero attached hydrogens (tertiary/aromatic N) is 1. The molecule has 4 heteroatoms. The second-order valence-corrected chi connectivity index (χ2v) is 10.6. The van der Waals surface area contributed by atoms with E-state index in [0.717, 1.165) is 33.4 Å². The Labute approximate surface area is 211 Å². The number of ketones is 1. The number of carbonyl (C=O) groups excluding carboxylic acids is 3. The standard InChI is InChI=1S/C32H29NO3/c1-5-32-25(22-14-10-7-11-15-22)24(21-12-8-6-9-13-21)31(4,30(32)36)26-27(32)29(35)33(28(26)34)23-17-16-19(2)20(3)18-23/h6-18,26-27H,5H2,1-4H3/t26-,27+,31+,32-/m1/s1. The smallest absolute Gasteiger partial charge is 0.239 e. The molecule has 36 heavy (non-hydrogen) atoms. The summed E-state index contributed by atoms with van der Waals surface area (Å²) in [4.78, 5) is 44.2. The molecule has 1 heterocycles.